The summed E-state index contributed by atoms with van der Waals surface area (Å²) in [6, 6.07) is 3.94. The third-order valence-electron chi connectivity index (χ3n) is 8.53. The third kappa shape index (κ3) is 3.65. The molecule has 1 spiro atoms. The van der Waals surface area contributed by atoms with Crippen molar-refractivity contribution >= 4 is 22.5 Å². The second-order valence-corrected chi connectivity index (χ2v) is 10.8. The number of nitrogens with one attached hydrogen (secondary N) is 1. The summed E-state index contributed by atoms with van der Waals surface area (Å²) in [7, 11) is 0. The van der Waals surface area contributed by atoms with E-state index in [2.05, 4.69) is 20.9 Å². The fourth-order valence-electron chi connectivity index (χ4n) is 6.68. The maximum absolute atomic E-state index is 13.7. The van der Waals surface area contributed by atoms with Gasteiger partial charge in [0.15, 0.2) is 0 Å². The predicted octanol–water partition coefficient (Wildman–Crippen LogP) is 4.56. The van der Waals surface area contributed by atoms with Crippen LogP contribution in [-0.4, -0.2) is 51.5 Å². The van der Waals surface area contributed by atoms with Gasteiger partial charge in [0.05, 0.1) is 17.2 Å². The summed E-state index contributed by atoms with van der Waals surface area (Å²) in [5.41, 5.74) is 3.95. The van der Waals surface area contributed by atoms with Crippen molar-refractivity contribution in [2.45, 2.75) is 70.6 Å². The fraction of sp³-hybridized carbons (Fsp3) is 0.593. The van der Waals surface area contributed by atoms with Crippen LogP contribution in [0.4, 0.5) is 0 Å². The molecule has 3 aliphatic rings. The van der Waals surface area contributed by atoms with Gasteiger partial charge in [-0.1, -0.05) is 19.3 Å². The Bertz CT molecular complexity index is 1290. The van der Waals surface area contributed by atoms with Gasteiger partial charge in [-0.2, -0.15) is 0 Å². The molecule has 0 radical (unpaired) electrons. The van der Waals surface area contributed by atoms with Crippen LogP contribution in [-0.2, 0) is 4.74 Å². The predicted molar refractivity (Wildman–Crippen MR) is 132 cm³/mol. The summed E-state index contributed by atoms with van der Waals surface area (Å²) in [6.45, 7) is 5.14. The first kappa shape index (κ1) is 21.8. The van der Waals surface area contributed by atoms with E-state index in [-0.39, 0.29) is 17.4 Å². The Balaban J connectivity index is 1.39. The van der Waals surface area contributed by atoms with Gasteiger partial charge in [-0.15, -0.1) is 0 Å². The van der Waals surface area contributed by atoms with E-state index in [4.69, 9.17) is 4.74 Å². The number of carbonyl (C=O) groups excluding carboxylic acids is 1. The smallest absolute Gasteiger partial charge is 0.274 e. The summed E-state index contributed by atoms with van der Waals surface area (Å²) in [5.74, 6) is 1.28. The van der Waals surface area contributed by atoms with Gasteiger partial charge in [0.25, 0.3) is 11.5 Å². The molecule has 180 valence electrons. The lowest BCUT2D eigenvalue weighted by molar-refractivity contribution is 0.0384. The van der Waals surface area contributed by atoms with Crippen molar-refractivity contribution < 1.29 is 9.53 Å². The molecule has 0 atom stereocenters. The summed E-state index contributed by atoms with van der Waals surface area (Å²) < 4.78 is 7.54. The third-order valence-corrected chi connectivity index (χ3v) is 8.53. The van der Waals surface area contributed by atoms with Gasteiger partial charge in [-0.05, 0) is 68.6 Å². The second-order valence-electron chi connectivity index (χ2n) is 10.8. The number of nitrogens with zero attached hydrogens (tertiary/aromatic N) is 3. The zero-order valence-electron chi connectivity index (χ0n) is 20.1. The van der Waals surface area contributed by atoms with Gasteiger partial charge in [-0.3, -0.25) is 14.0 Å². The molecule has 34 heavy (non-hydrogen) atoms. The Morgan fingerprint density at radius 1 is 1.09 bits per heavy atom. The Morgan fingerprint density at radius 2 is 1.85 bits per heavy atom. The molecule has 2 aromatic heterocycles. The molecular formula is C27H34N4O3. The lowest BCUT2D eigenvalue weighted by atomic mass is 9.69. The van der Waals surface area contributed by atoms with Gasteiger partial charge in [0.2, 0.25) is 0 Å². The van der Waals surface area contributed by atoms with Crippen molar-refractivity contribution in [1.82, 2.24) is 19.3 Å². The molecule has 0 unspecified atom stereocenters. The van der Waals surface area contributed by atoms with E-state index in [0.29, 0.717) is 22.0 Å². The minimum absolute atomic E-state index is 0.0975. The molecule has 1 aromatic carbocycles. The SMILES string of the molecule is Cc1cc2c(cc1C(=O)N1CCCC3(CCCCC3)C1)[nH]c(=O)c1cnc(C3CCOCC3)n12. The minimum atomic E-state index is -0.167. The number of hydrogen-bond acceptors (Lipinski definition) is 4. The van der Waals surface area contributed by atoms with Gasteiger partial charge < -0.3 is 14.6 Å². The largest absolute Gasteiger partial charge is 0.381 e. The molecule has 1 N–H and O–H groups in total. The number of likely N-dealkylation sites (tertiary alicyclic amines) is 1. The van der Waals surface area contributed by atoms with Crippen LogP contribution in [0.25, 0.3) is 16.6 Å². The minimum Gasteiger partial charge on any atom is -0.381 e. The maximum atomic E-state index is 13.7. The summed E-state index contributed by atoms with van der Waals surface area (Å²) in [6.07, 6.45) is 12.2. The van der Waals surface area contributed by atoms with E-state index in [1.807, 2.05) is 17.4 Å². The van der Waals surface area contributed by atoms with Crippen LogP contribution in [0, 0.1) is 12.3 Å². The summed E-state index contributed by atoms with van der Waals surface area (Å²) >= 11 is 0. The number of carbonyl (C=O) groups is 1. The highest BCUT2D eigenvalue weighted by atomic mass is 16.5. The monoisotopic (exact) mass is 462 g/mol. The molecular weight excluding hydrogens is 428 g/mol. The fourth-order valence-corrected chi connectivity index (χ4v) is 6.68. The van der Waals surface area contributed by atoms with Crippen LogP contribution in [0.2, 0.25) is 0 Å². The normalized spacial score (nSPS) is 21.5. The van der Waals surface area contributed by atoms with E-state index >= 15 is 0 Å². The van der Waals surface area contributed by atoms with Crippen LogP contribution in [0.15, 0.2) is 23.1 Å². The van der Waals surface area contributed by atoms with Gasteiger partial charge in [0, 0.05) is 37.8 Å². The first-order valence-corrected chi connectivity index (χ1v) is 13.0. The van der Waals surface area contributed by atoms with Crippen molar-refractivity contribution in [3.05, 3.63) is 45.6 Å². The van der Waals surface area contributed by atoms with Crippen LogP contribution in [0.5, 0.6) is 0 Å². The number of hydrogen-bond donors (Lipinski definition) is 1. The Hall–Kier alpha value is -2.67. The maximum Gasteiger partial charge on any atom is 0.274 e. The highest BCUT2D eigenvalue weighted by Gasteiger charge is 2.38. The molecule has 4 heterocycles. The summed E-state index contributed by atoms with van der Waals surface area (Å²) in [5, 5.41) is 0. The molecule has 3 aromatic rings. The first-order valence-electron chi connectivity index (χ1n) is 13.0. The van der Waals surface area contributed by atoms with Gasteiger partial charge >= 0.3 is 0 Å². The number of fused-ring (bicyclic) bond motifs is 3. The zero-order chi connectivity index (χ0) is 23.3. The summed E-state index contributed by atoms with van der Waals surface area (Å²) in [4.78, 5) is 36.4. The molecule has 1 amide bonds. The highest BCUT2D eigenvalue weighted by molar-refractivity contribution is 5.99. The zero-order valence-corrected chi connectivity index (χ0v) is 20.1. The van der Waals surface area contributed by atoms with Crippen molar-refractivity contribution in [3.8, 4) is 0 Å². The lowest BCUT2D eigenvalue weighted by Crippen LogP contribution is -2.47. The molecule has 7 nitrogen and oxygen atoms in total. The molecule has 1 aliphatic carbocycles. The number of rotatable bonds is 2. The first-order chi connectivity index (χ1) is 16.5. The molecule has 6 rings (SSSR count). The molecule has 1 saturated carbocycles. The number of amides is 1. The van der Waals surface area contributed by atoms with E-state index in [1.54, 1.807) is 6.20 Å². The number of piperidine rings is 1. The number of aromatic amines is 1. The van der Waals surface area contributed by atoms with Crippen molar-refractivity contribution in [2.24, 2.45) is 5.41 Å². The number of aromatic nitrogens is 3. The Kier molecular flexibility index (Phi) is 5.47. The van der Waals surface area contributed by atoms with Crippen LogP contribution < -0.4 is 5.56 Å². The number of ether oxygens (including phenoxy) is 1. The van der Waals surface area contributed by atoms with Crippen molar-refractivity contribution in [2.75, 3.05) is 26.3 Å². The van der Waals surface area contributed by atoms with Crippen LogP contribution >= 0.6 is 0 Å². The van der Waals surface area contributed by atoms with Crippen molar-refractivity contribution in [3.63, 3.8) is 0 Å². The standard InChI is InChI=1S/C27H34N4O3/c1-18-14-22-21(29-25(32)23-16-28-24(31(22)23)19-6-12-34-13-7-19)15-20(18)26(33)30-11-5-10-27(17-30)8-3-2-4-9-27/h14-16,19H,2-13,17H2,1H3,(H,29,32). The van der Waals surface area contributed by atoms with E-state index in [9.17, 15) is 9.59 Å². The van der Waals surface area contributed by atoms with E-state index < -0.39 is 0 Å². The highest BCUT2D eigenvalue weighted by Crippen LogP contribution is 2.43. The number of aryl methyl sites for hydroxylation is 1. The second kappa shape index (κ2) is 8.52. The number of H-pyrrole nitrogens is 1. The topological polar surface area (TPSA) is 79.7 Å². The quantitative estimate of drug-likeness (QED) is 0.605. The molecule has 2 aliphatic heterocycles. The number of benzene rings is 1. The molecule has 2 saturated heterocycles. The molecule has 7 heteroatoms. The average molecular weight is 463 g/mol. The Morgan fingerprint density at radius 3 is 2.65 bits per heavy atom. The van der Waals surface area contributed by atoms with Crippen LogP contribution in [0.1, 0.15) is 85.5 Å². The molecule has 0 bridgehead atoms. The van der Waals surface area contributed by atoms with Crippen molar-refractivity contribution in [1.29, 1.82) is 0 Å². The van der Waals surface area contributed by atoms with Gasteiger partial charge in [0.1, 0.15) is 11.3 Å². The Labute approximate surface area is 199 Å². The lowest BCUT2D eigenvalue weighted by Gasteiger charge is -2.45. The van der Waals surface area contributed by atoms with Crippen LogP contribution in [0.3, 0.4) is 0 Å². The van der Waals surface area contributed by atoms with E-state index in [0.717, 1.165) is 62.5 Å². The van der Waals surface area contributed by atoms with E-state index in [1.165, 1.54) is 38.5 Å². The number of imidazole rings is 1. The average Bonchev–Trinajstić information content (AvgIpc) is 3.31. The van der Waals surface area contributed by atoms with Gasteiger partial charge in [-0.25, -0.2) is 4.98 Å². The molecule has 3 fully saturated rings.